The van der Waals surface area contributed by atoms with E-state index in [9.17, 15) is 9.59 Å². The van der Waals surface area contributed by atoms with Crippen LogP contribution in [-0.2, 0) is 17.9 Å². The van der Waals surface area contributed by atoms with Crippen molar-refractivity contribution < 1.29 is 28.2 Å². The molecule has 0 radical (unpaired) electrons. The first kappa shape index (κ1) is 24.3. The SMILES string of the molecule is COc1ccccc1OCc1ccc(C(=O)NCc2ccc(C(=O)N3CC(C)OC(C)C3)cc2)o1. The second-order valence-corrected chi connectivity index (χ2v) is 8.55. The second kappa shape index (κ2) is 11.1. The molecule has 184 valence electrons. The lowest BCUT2D eigenvalue weighted by molar-refractivity contribution is -0.0586. The molecule has 0 bridgehead atoms. The predicted molar refractivity (Wildman–Crippen MR) is 130 cm³/mol. The minimum absolute atomic E-state index is 0.0129. The maximum absolute atomic E-state index is 12.8. The van der Waals surface area contributed by atoms with Crippen molar-refractivity contribution in [3.63, 3.8) is 0 Å². The number of morpholine rings is 1. The van der Waals surface area contributed by atoms with Crippen LogP contribution >= 0.6 is 0 Å². The summed E-state index contributed by atoms with van der Waals surface area (Å²) in [5.74, 6) is 1.60. The number of nitrogens with zero attached hydrogens (tertiary/aromatic N) is 1. The number of hydrogen-bond acceptors (Lipinski definition) is 6. The maximum Gasteiger partial charge on any atom is 0.287 e. The highest BCUT2D eigenvalue weighted by atomic mass is 16.5. The highest BCUT2D eigenvalue weighted by Gasteiger charge is 2.26. The van der Waals surface area contributed by atoms with Gasteiger partial charge >= 0.3 is 0 Å². The zero-order valence-corrected chi connectivity index (χ0v) is 20.2. The molecular formula is C27H30N2O6. The van der Waals surface area contributed by atoms with Crippen molar-refractivity contribution in [3.8, 4) is 11.5 Å². The molecule has 8 heteroatoms. The molecule has 2 aromatic carbocycles. The van der Waals surface area contributed by atoms with Gasteiger partial charge < -0.3 is 28.8 Å². The highest BCUT2D eigenvalue weighted by molar-refractivity contribution is 5.94. The number of rotatable bonds is 8. The number of nitrogens with one attached hydrogen (secondary N) is 1. The van der Waals surface area contributed by atoms with Gasteiger partial charge in [-0.15, -0.1) is 0 Å². The largest absolute Gasteiger partial charge is 0.493 e. The van der Waals surface area contributed by atoms with E-state index in [1.165, 1.54) is 0 Å². The summed E-state index contributed by atoms with van der Waals surface area (Å²) in [6, 6.07) is 17.9. The van der Waals surface area contributed by atoms with Gasteiger partial charge in [0.1, 0.15) is 12.4 Å². The number of methoxy groups -OCH3 is 1. The fraction of sp³-hybridized carbons (Fsp3) is 0.333. The Labute approximate surface area is 204 Å². The fourth-order valence-corrected chi connectivity index (χ4v) is 4.03. The van der Waals surface area contributed by atoms with Crippen molar-refractivity contribution in [1.29, 1.82) is 0 Å². The maximum atomic E-state index is 12.8. The highest BCUT2D eigenvalue weighted by Crippen LogP contribution is 2.27. The molecule has 2 amide bonds. The summed E-state index contributed by atoms with van der Waals surface area (Å²) in [5, 5.41) is 2.84. The van der Waals surface area contributed by atoms with E-state index < -0.39 is 0 Å². The molecule has 0 aliphatic carbocycles. The number of amides is 2. The van der Waals surface area contributed by atoms with Crippen molar-refractivity contribution in [2.24, 2.45) is 0 Å². The van der Waals surface area contributed by atoms with E-state index in [0.717, 1.165) is 5.56 Å². The van der Waals surface area contributed by atoms with E-state index >= 15 is 0 Å². The lowest BCUT2D eigenvalue weighted by Gasteiger charge is -2.35. The Morgan fingerprint density at radius 3 is 2.34 bits per heavy atom. The molecule has 1 saturated heterocycles. The summed E-state index contributed by atoms with van der Waals surface area (Å²) in [7, 11) is 1.58. The van der Waals surface area contributed by atoms with E-state index in [4.69, 9.17) is 18.6 Å². The number of ether oxygens (including phenoxy) is 3. The van der Waals surface area contributed by atoms with Crippen molar-refractivity contribution >= 4 is 11.8 Å². The van der Waals surface area contributed by atoms with Gasteiger partial charge in [-0.05, 0) is 55.8 Å². The third-order valence-corrected chi connectivity index (χ3v) is 5.69. The molecule has 2 atom stereocenters. The quantitative estimate of drug-likeness (QED) is 0.525. The number of carbonyl (C=O) groups is 2. The van der Waals surface area contributed by atoms with Crippen molar-refractivity contribution in [1.82, 2.24) is 10.2 Å². The molecule has 1 fully saturated rings. The summed E-state index contributed by atoms with van der Waals surface area (Å²) in [6.07, 6.45) is 0.0408. The first-order valence-electron chi connectivity index (χ1n) is 11.6. The summed E-state index contributed by atoms with van der Waals surface area (Å²) < 4.78 is 22.3. The third-order valence-electron chi connectivity index (χ3n) is 5.69. The van der Waals surface area contributed by atoms with E-state index in [-0.39, 0.29) is 36.4 Å². The van der Waals surface area contributed by atoms with Gasteiger partial charge in [-0.25, -0.2) is 0 Å². The molecule has 1 aliphatic rings. The number of para-hydroxylation sites is 2. The van der Waals surface area contributed by atoms with E-state index in [1.807, 2.05) is 49.1 Å². The normalized spacial score (nSPS) is 17.6. The minimum Gasteiger partial charge on any atom is -0.493 e. The number of furan rings is 1. The van der Waals surface area contributed by atoms with Crippen LogP contribution in [-0.4, -0.2) is 49.1 Å². The van der Waals surface area contributed by atoms with E-state index in [0.29, 0.717) is 42.5 Å². The van der Waals surface area contributed by atoms with Crippen LogP contribution in [0.2, 0.25) is 0 Å². The van der Waals surface area contributed by atoms with Crippen molar-refractivity contribution in [2.75, 3.05) is 20.2 Å². The second-order valence-electron chi connectivity index (χ2n) is 8.55. The zero-order valence-electron chi connectivity index (χ0n) is 20.2. The molecule has 1 aromatic heterocycles. The first-order valence-corrected chi connectivity index (χ1v) is 11.6. The number of benzene rings is 2. The van der Waals surface area contributed by atoms with Crippen LogP contribution in [0.5, 0.6) is 11.5 Å². The average Bonchev–Trinajstić information content (AvgIpc) is 3.35. The van der Waals surface area contributed by atoms with Gasteiger partial charge in [0.25, 0.3) is 11.8 Å². The Bertz CT molecular complexity index is 1150. The summed E-state index contributed by atoms with van der Waals surface area (Å²) in [6.45, 7) is 5.58. The summed E-state index contributed by atoms with van der Waals surface area (Å²) >= 11 is 0. The Morgan fingerprint density at radius 2 is 1.66 bits per heavy atom. The van der Waals surface area contributed by atoms with Gasteiger partial charge in [-0.2, -0.15) is 0 Å². The van der Waals surface area contributed by atoms with E-state index in [1.54, 1.807) is 37.4 Å². The summed E-state index contributed by atoms with van der Waals surface area (Å²) in [4.78, 5) is 27.1. The Balaban J connectivity index is 1.28. The van der Waals surface area contributed by atoms with Crippen molar-refractivity contribution in [3.05, 3.63) is 83.3 Å². The molecule has 1 N–H and O–H groups in total. The third kappa shape index (κ3) is 6.22. The van der Waals surface area contributed by atoms with Crippen LogP contribution < -0.4 is 14.8 Å². The van der Waals surface area contributed by atoms with Crippen LogP contribution in [0.3, 0.4) is 0 Å². The number of carbonyl (C=O) groups excluding carboxylic acids is 2. The number of hydrogen-bond donors (Lipinski definition) is 1. The molecule has 35 heavy (non-hydrogen) atoms. The van der Waals surface area contributed by atoms with Crippen LogP contribution in [0.4, 0.5) is 0 Å². The molecule has 8 nitrogen and oxygen atoms in total. The van der Waals surface area contributed by atoms with Crippen molar-refractivity contribution in [2.45, 2.75) is 39.2 Å². The standard InChI is InChI=1S/C27H30N2O6/c1-18-15-29(16-19(2)34-18)27(31)21-10-8-20(9-11-21)14-28-26(30)25-13-12-22(35-25)17-33-24-7-5-4-6-23(24)32-3/h4-13,18-19H,14-17H2,1-3H3,(H,28,30). The van der Waals surface area contributed by atoms with Gasteiger partial charge in [0.05, 0.1) is 19.3 Å². The van der Waals surface area contributed by atoms with Gasteiger partial charge in [-0.3, -0.25) is 9.59 Å². The minimum atomic E-state index is -0.329. The molecule has 2 unspecified atom stereocenters. The van der Waals surface area contributed by atoms with Crippen LogP contribution in [0, 0.1) is 0 Å². The lowest BCUT2D eigenvalue weighted by atomic mass is 10.1. The average molecular weight is 479 g/mol. The van der Waals surface area contributed by atoms with Gasteiger partial charge in [-0.1, -0.05) is 24.3 Å². The van der Waals surface area contributed by atoms with Crippen LogP contribution in [0.15, 0.2) is 65.1 Å². The predicted octanol–water partition coefficient (Wildman–Crippen LogP) is 4.05. The fourth-order valence-electron chi connectivity index (χ4n) is 4.03. The summed E-state index contributed by atoms with van der Waals surface area (Å²) in [5.41, 5.74) is 1.50. The lowest BCUT2D eigenvalue weighted by Crippen LogP contribution is -2.48. The van der Waals surface area contributed by atoms with E-state index in [2.05, 4.69) is 5.32 Å². The van der Waals surface area contributed by atoms with Gasteiger partial charge in [0.2, 0.25) is 0 Å². The topological polar surface area (TPSA) is 90.2 Å². The molecule has 2 heterocycles. The van der Waals surface area contributed by atoms with Crippen LogP contribution in [0.1, 0.15) is 46.1 Å². The zero-order chi connectivity index (χ0) is 24.8. The molecule has 1 aliphatic heterocycles. The van der Waals surface area contributed by atoms with Crippen LogP contribution in [0.25, 0.3) is 0 Å². The first-order chi connectivity index (χ1) is 16.9. The molecule has 3 aromatic rings. The molecule has 0 spiro atoms. The molecule has 4 rings (SSSR count). The van der Waals surface area contributed by atoms with Gasteiger partial charge in [0, 0.05) is 25.2 Å². The van der Waals surface area contributed by atoms with Gasteiger partial charge in [0.15, 0.2) is 17.3 Å². The monoisotopic (exact) mass is 478 g/mol. The molecular weight excluding hydrogens is 448 g/mol. The molecule has 0 saturated carbocycles. The Hall–Kier alpha value is -3.78. The Kier molecular flexibility index (Phi) is 7.72. The smallest absolute Gasteiger partial charge is 0.287 e. The Morgan fingerprint density at radius 1 is 0.971 bits per heavy atom.